The summed E-state index contributed by atoms with van der Waals surface area (Å²) < 4.78 is 0. The molecule has 4 heteroatoms. The monoisotopic (exact) mass is 312 g/mol. The van der Waals surface area contributed by atoms with Crippen LogP contribution < -0.4 is 4.90 Å². The molecular formula is C18H17ClN2O. The second-order valence-corrected chi connectivity index (χ2v) is 5.99. The number of nitrogens with zero attached hydrogens (tertiary/aromatic N) is 2. The van der Waals surface area contributed by atoms with Gasteiger partial charge in [-0.2, -0.15) is 0 Å². The number of fused-ring (bicyclic) bond motifs is 1. The number of benzene rings is 2. The van der Waals surface area contributed by atoms with Crippen molar-refractivity contribution in [1.29, 1.82) is 0 Å². The van der Waals surface area contributed by atoms with E-state index in [1.165, 1.54) is 0 Å². The van der Waals surface area contributed by atoms with Gasteiger partial charge in [-0.15, -0.1) is 0 Å². The van der Waals surface area contributed by atoms with E-state index in [1.807, 2.05) is 62.4 Å². The highest BCUT2D eigenvalue weighted by Crippen LogP contribution is 2.30. The molecule has 0 saturated carbocycles. The summed E-state index contributed by atoms with van der Waals surface area (Å²) in [6, 6.07) is 15.6. The summed E-state index contributed by atoms with van der Waals surface area (Å²) in [5, 5.41) is 0.639. The molecule has 1 amide bonds. The first-order chi connectivity index (χ1) is 10.6. The molecule has 0 unspecified atom stereocenters. The molecule has 0 aromatic heterocycles. The second-order valence-electron chi connectivity index (χ2n) is 5.55. The van der Waals surface area contributed by atoms with Crippen molar-refractivity contribution in [2.75, 3.05) is 11.4 Å². The Kier molecular flexibility index (Phi) is 3.99. The Balaban J connectivity index is 2.23. The molecular weight excluding hydrogens is 296 g/mol. The molecule has 3 rings (SSSR count). The van der Waals surface area contributed by atoms with Crippen molar-refractivity contribution < 1.29 is 4.79 Å². The third-order valence-corrected chi connectivity index (χ3v) is 3.91. The maximum atomic E-state index is 12.5. The average molecular weight is 313 g/mol. The van der Waals surface area contributed by atoms with E-state index in [2.05, 4.69) is 4.99 Å². The van der Waals surface area contributed by atoms with Crippen LogP contribution in [-0.4, -0.2) is 24.2 Å². The summed E-state index contributed by atoms with van der Waals surface area (Å²) in [4.78, 5) is 18.8. The van der Waals surface area contributed by atoms with E-state index in [4.69, 9.17) is 11.6 Å². The quantitative estimate of drug-likeness (QED) is 0.827. The van der Waals surface area contributed by atoms with Crippen LogP contribution in [0.1, 0.15) is 25.0 Å². The number of rotatable bonds is 2. The van der Waals surface area contributed by atoms with E-state index in [9.17, 15) is 4.79 Å². The van der Waals surface area contributed by atoms with Gasteiger partial charge < -0.3 is 4.90 Å². The number of anilines is 1. The third kappa shape index (κ3) is 2.64. The zero-order valence-electron chi connectivity index (χ0n) is 12.6. The van der Waals surface area contributed by atoms with Gasteiger partial charge in [-0.3, -0.25) is 9.79 Å². The third-order valence-electron chi connectivity index (χ3n) is 3.68. The van der Waals surface area contributed by atoms with Crippen molar-refractivity contribution in [3.63, 3.8) is 0 Å². The number of halogens is 1. The fourth-order valence-corrected chi connectivity index (χ4v) is 2.93. The standard InChI is InChI=1S/C18H17ClN2O/c1-12(2)21-16-9-8-14(19)10-15(16)18(20-11-17(21)22)13-6-4-3-5-7-13/h3-10,12H,11H2,1-2H3. The lowest BCUT2D eigenvalue weighted by Crippen LogP contribution is -2.38. The molecule has 22 heavy (non-hydrogen) atoms. The van der Waals surface area contributed by atoms with Gasteiger partial charge in [-0.25, -0.2) is 0 Å². The molecule has 0 bridgehead atoms. The molecule has 0 saturated heterocycles. The lowest BCUT2D eigenvalue weighted by Gasteiger charge is -2.27. The number of benzodiazepines with no additional fused rings is 1. The average Bonchev–Trinajstić information content (AvgIpc) is 2.64. The van der Waals surface area contributed by atoms with Gasteiger partial charge in [0.05, 0.1) is 11.4 Å². The molecule has 1 aliphatic heterocycles. The summed E-state index contributed by atoms with van der Waals surface area (Å²) in [5.41, 5.74) is 3.57. The Morgan fingerprint density at radius 2 is 1.86 bits per heavy atom. The second kappa shape index (κ2) is 5.93. The summed E-state index contributed by atoms with van der Waals surface area (Å²) in [5.74, 6) is 0.00417. The number of hydrogen-bond acceptors (Lipinski definition) is 2. The molecule has 2 aromatic rings. The molecule has 0 N–H and O–H groups in total. The van der Waals surface area contributed by atoms with E-state index < -0.39 is 0 Å². The minimum atomic E-state index is 0.00417. The first kappa shape index (κ1) is 14.8. The van der Waals surface area contributed by atoms with Crippen molar-refractivity contribution in [3.05, 3.63) is 64.7 Å². The fraction of sp³-hybridized carbons (Fsp3) is 0.222. The van der Waals surface area contributed by atoms with E-state index in [1.54, 1.807) is 4.90 Å². The van der Waals surface area contributed by atoms with Crippen molar-refractivity contribution in [2.45, 2.75) is 19.9 Å². The van der Waals surface area contributed by atoms with Crippen LogP contribution in [0.5, 0.6) is 0 Å². The van der Waals surface area contributed by atoms with Gasteiger partial charge >= 0.3 is 0 Å². The van der Waals surface area contributed by atoms with Crippen molar-refractivity contribution in [3.8, 4) is 0 Å². The van der Waals surface area contributed by atoms with Crippen LogP contribution in [0.15, 0.2) is 53.5 Å². The molecule has 3 nitrogen and oxygen atoms in total. The topological polar surface area (TPSA) is 32.7 Å². The summed E-state index contributed by atoms with van der Waals surface area (Å²) in [6.07, 6.45) is 0. The van der Waals surface area contributed by atoms with E-state index in [0.29, 0.717) is 5.02 Å². The highest BCUT2D eigenvalue weighted by molar-refractivity contribution is 6.32. The van der Waals surface area contributed by atoms with E-state index >= 15 is 0 Å². The molecule has 1 aliphatic rings. The van der Waals surface area contributed by atoms with Crippen LogP contribution in [0, 0.1) is 0 Å². The van der Waals surface area contributed by atoms with Gasteiger partial charge in [0.1, 0.15) is 6.54 Å². The highest BCUT2D eigenvalue weighted by Gasteiger charge is 2.26. The SMILES string of the molecule is CC(C)N1C(=O)CN=C(c2ccccc2)c2cc(Cl)ccc21. The number of carbonyl (C=O) groups excluding carboxylic acids is 1. The Morgan fingerprint density at radius 1 is 1.14 bits per heavy atom. The molecule has 1 heterocycles. The molecule has 0 atom stereocenters. The van der Waals surface area contributed by atoms with Gasteiger partial charge in [0.25, 0.3) is 0 Å². The number of hydrogen-bond donors (Lipinski definition) is 0. The predicted molar refractivity (Wildman–Crippen MR) is 91.0 cm³/mol. The van der Waals surface area contributed by atoms with Crippen molar-refractivity contribution >= 4 is 28.9 Å². The summed E-state index contributed by atoms with van der Waals surface area (Å²) >= 11 is 6.19. The maximum Gasteiger partial charge on any atom is 0.248 e. The summed E-state index contributed by atoms with van der Waals surface area (Å²) in [6.45, 7) is 4.16. The van der Waals surface area contributed by atoms with Crippen molar-refractivity contribution in [1.82, 2.24) is 0 Å². The predicted octanol–water partition coefficient (Wildman–Crippen LogP) is 3.93. The van der Waals surface area contributed by atoms with Gasteiger partial charge in [0, 0.05) is 22.2 Å². The lowest BCUT2D eigenvalue weighted by atomic mass is 10.00. The smallest absolute Gasteiger partial charge is 0.248 e. The van der Waals surface area contributed by atoms with Gasteiger partial charge in [-0.05, 0) is 32.0 Å². The first-order valence-electron chi connectivity index (χ1n) is 7.30. The maximum absolute atomic E-state index is 12.5. The van der Waals surface area contributed by atoms with Gasteiger partial charge in [-0.1, -0.05) is 41.9 Å². The molecule has 0 fully saturated rings. The van der Waals surface area contributed by atoms with E-state index in [0.717, 1.165) is 22.5 Å². The van der Waals surface area contributed by atoms with Gasteiger partial charge in [0.15, 0.2) is 0 Å². The largest absolute Gasteiger partial charge is 0.308 e. The van der Waals surface area contributed by atoms with Crippen LogP contribution in [0.25, 0.3) is 0 Å². The van der Waals surface area contributed by atoms with Crippen LogP contribution in [0.4, 0.5) is 5.69 Å². The van der Waals surface area contributed by atoms with Crippen LogP contribution >= 0.6 is 11.6 Å². The molecule has 0 aliphatic carbocycles. The highest BCUT2D eigenvalue weighted by atomic mass is 35.5. The van der Waals surface area contributed by atoms with Crippen LogP contribution in [-0.2, 0) is 4.79 Å². The Labute approximate surface area is 135 Å². The van der Waals surface area contributed by atoms with E-state index in [-0.39, 0.29) is 18.5 Å². The van der Waals surface area contributed by atoms with Crippen LogP contribution in [0.2, 0.25) is 5.02 Å². The normalized spacial score (nSPS) is 14.6. The summed E-state index contributed by atoms with van der Waals surface area (Å²) in [7, 11) is 0. The molecule has 0 radical (unpaired) electrons. The fourth-order valence-electron chi connectivity index (χ4n) is 2.76. The minimum absolute atomic E-state index is 0.00417. The first-order valence-corrected chi connectivity index (χ1v) is 7.67. The molecule has 112 valence electrons. The molecule has 2 aromatic carbocycles. The molecule has 0 spiro atoms. The minimum Gasteiger partial charge on any atom is -0.308 e. The number of amides is 1. The number of carbonyl (C=O) groups is 1. The Hall–Kier alpha value is -2.13. The van der Waals surface area contributed by atoms with Crippen LogP contribution in [0.3, 0.4) is 0 Å². The Morgan fingerprint density at radius 3 is 2.55 bits per heavy atom. The number of aliphatic imine (C=N–C) groups is 1. The van der Waals surface area contributed by atoms with Crippen molar-refractivity contribution in [2.24, 2.45) is 4.99 Å². The zero-order valence-corrected chi connectivity index (χ0v) is 13.3. The van der Waals surface area contributed by atoms with Gasteiger partial charge in [0.2, 0.25) is 5.91 Å². The lowest BCUT2D eigenvalue weighted by molar-refractivity contribution is -0.117. The zero-order chi connectivity index (χ0) is 15.7. The Bertz CT molecular complexity index is 738.